The third-order valence-electron chi connectivity index (χ3n) is 5.45. The molecule has 1 heterocycles. The molecule has 32 heavy (non-hydrogen) atoms. The van der Waals surface area contributed by atoms with Gasteiger partial charge in [-0.3, -0.25) is 20.4 Å². The molecule has 0 saturated heterocycles. The molecular weight excluding hydrogens is 430 g/mol. The zero-order chi connectivity index (χ0) is 23.8. The first-order valence-electron chi connectivity index (χ1n) is 10.1. The number of sulfonamides is 1. The van der Waals surface area contributed by atoms with E-state index in [2.05, 4.69) is 15.8 Å². The summed E-state index contributed by atoms with van der Waals surface area (Å²) in [6.07, 6.45) is 0. The number of aromatic nitrogens is 2. The fraction of sp³-hybridized carbons (Fsp3) is 0.318. The Morgan fingerprint density at radius 3 is 2.22 bits per heavy atom. The minimum atomic E-state index is -3.73. The molecule has 10 heteroatoms. The van der Waals surface area contributed by atoms with Crippen molar-refractivity contribution in [3.05, 3.63) is 58.4 Å². The summed E-state index contributed by atoms with van der Waals surface area (Å²) in [6, 6.07) is 8.03. The van der Waals surface area contributed by atoms with Gasteiger partial charge in [0, 0.05) is 31.8 Å². The molecule has 0 radical (unpaired) electrons. The highest BCUT2D eigenvalue weighted by molar-refractivity contribution is 7.89. The Balaban J connectivity index is 1.80. The Kier molecular flexibility index (Phi) is 6.38. The van der Waals surface area contributed by atoms with E-state index in [4.69, 9.17) is 0 Å². The molecule has 0 aliphatic heterocycles. The van der Waals surface area contributed by atoms with Gasteiger partial charge in [0.15, 0.2) is 0 Å². The molecule has 9 nitrogen and oxygen atoms in total. The van der Waals surface area contributed by atoms with Crippen LogP contribution < -0.4 is 10.9 Å². The molecule has 0 aliphatic carbocycles. The van der Waals surface area contributed by atoms with Crippen LogP contribution in [0.25, 0.3) is 11.0 Å². The first-order chi connectivity index (χ1) is 15.0. The van der Waals surface area contributed by atoms with E-state index in [0.717, 1.165) is 22.2 Å². The van der Waals surface area contributed by atoms with Crippen molar-refractivity contribution in [2.24, 2.45) is 0 Å². The van der Waals surface area contributed by atoms with Crippen molar-refractivity contribution in [3.63, 3.8) is 0 Å². The van der Waals surface area contributed by atoms with Gasteiger partial charge in [0.25, 0.3) is 11.8 Å². The zero-order valence-corrected chi connectivity index (χ0v) is 19.8. The number of carbonyl (C=O) groups excluding carboxylic acids is 2. The molecule has 2 N–H and O–H groups in total. The lowest BCUT2D eigenvalue weighted by molar-refractivity contribution is 0.0846. The van der Waals surface area contributed by atoms with E-state index in [1.54, 1.807) is 32.0 Å². The van der Waals surface area contributed by atoms with Crippen molar-refractivity contribution in [3.8, 4) is 0 Å². The summed E-state index contributed by atoms with van der Waals surface area (Å²) < 4.78 is 28.3. The average molecular weight is 458 g/mol. The van der Waals surface area contributed by atoms with Crippen LogP contribution in [0, 0.1) is 20.8 Å². The highest BCUT2D eigenvalue weighted by atomic mass is 32.2. The minimum absolute atomic E-state index is 0.0475. The van der Waals surface area contributed by atoms with E-state index in [-0.39, 0.29) is 10.5 Å². The molecule has 0 aliphatic rings. The Bertz CT molecular complexity index is 1330. The Morgan fingerprint density at radius 1 is 1.00 bits per heavy atom. The van der Waals surface area contributed by atoms with Crippen molar-refractivity contribution in [1.29, 1.82) is 0 Å². The number of nitrogens with zero attached hydrogens (tertiary/aromatic N) is 3. The number of amides is 2. The topological polar surface area (TPSA) is 113 Å². The molecule has 0 unspecified atom stereocenters. The van der Waals surface area contributed by atoms with Crippen molar-refractivity contribution in [1.82, 2.24) is 24.7 Å². The van der Waals surface area contributed by atoms with Gasteiger partial charge in [-0.05, 0) is 69.2 Å². The molecule has 0 spiro atoms. The fourth-order valence-electron chi connectivity index (χ4n) is 3.47. The Hall–Kier alpha value is -3.24. The van der Waals surface area contributed by atoms with Crippen LogP contribution in [-0.2, 0) is 16.6 Å². The van der Waals surface area contributed by atoms with Crippen LogP contribution in [0.1, 0.15) is 44.6 Å². The lowest BCUT2D eigenvalue weighted by Gasteiger charge is -2.16. The van der Waals surface area contributed by atoms with Crippen molar-refractivity contribution in [2.45, 2.75) is 39.1 Å². The third-order valence-corrected chi connectivity index (χ3v) is 7.39. The molecule has 0 saturated carbocycles. The number of hydrogen-bond acceptors (Lipinski definition) is 5. The number of hydrazine groups is 1. The largest absolute Gasteiger partial charge is 0.329 e. The van der Waals surface area contributed by atoms with E-state index in [9.17, 15) is 18.0 Å². The van der Waals surface area contributed by atoms with E-state index >= 15 is 0 Å². The third kappa shape index (κ3) is 4.23. The SMILES string of the molecule is CCn1c(C)nc2cc(C(=O)NNC(=O)c3cc(C)c(C)c(S(=O)(=O)N(C)C)c3)ccc21. The maximum atomic E-state index is 12.6. The number of aryl methyl sites for hydroxylation is 3. The second kappa shape index (κ2) is 8.71. The molecule has 0 atom stereocenters. The summed E-state index contributed by atoms with van der Waals surface area (Å²) in [6.45, 7) is 8.11. The molecule has 0 bridgehead atoms. The highest BCUT2D eigenvalue weighted by Gasteiger charge is 2.23. The summed E-state index contributed by atoms with van der Waals surface area (Å²) >= 11 is 0. The van der Waals surface area contributed by atoms with Crippen LogP contribution in [0.15, 0.2) is 35.2 Å². The van der Waals surface area contributed by atoms with Gasteiger partial charge in [0.05, 0.1) is 15.9 Å². The monoisotopic (exact) mass is 457 g/mol. The molecule has 2 aromatic carbocycles. The molecule has 170 valence electrons. The van der Waals surface area contributed by atoms with Gasteiger partial charge in [-0.15, -0.1) is 0 Å². The lowest BCUT2D eigenvalue weighted by Crippen LogP contribution is -2.41. The number of fused-ring (bicyclic) bond motifs is 1. The molecular formula is C22H27N5O4S. The normalized spacial score (nSPS) is 11.7. The summed E-state index contributed by atoms with van der Waals surface area (Å²) in [5.41, 5.74) is 8.03. The Morgan fingerprint density at radius 2 is 1.62 bits per heavy atom. The van der Waals surface area contributed by atoms with Crippen molar-refractivity contribution < 1.29 is 18.0 Å². The number of nitrogens with one attached hydrogen (secondary N) is 2. The summed E-state index contributed by atoms with van der Waals surface area (Å²) in [5, 5.41) is 0. The maximum Gasteiger partial charge on any atom is 0.269 e. The molecule has 0 fully saturated rings. The van der Waals surface area contributed by atoms with Gasteiger partial charge in [0.1, 0.15) is 5.82 Å². The van der Waals surface area contributed by atoms with Gasteiger partial charge >= 0.3 is 0 Å². The van der Waals surface area contributed by atoms with Crippen LogP contribution in [-0.4, -0.2) is 48.2 Å². The van der Waals surface area contributed by atoms with Crippen molar-refractivity contribution >= 4 is 32.9 Å². The molecule has 1 aromatic heterocycles. The zero-order valence-electron chi connectivity index (χ0n) is 19.0. The van der Waals surface area contributed by atoms with Gasteiger partial charge in [-0.1, -0.05) is 0 Å². The summed E-state index contributed by atoms with van der Waals surface area (Å²) in [5.74, 6) is -0.274. The Labute approximate surface area is 187 Å². The number of hydrogen-bond donors (Lipinski definition) is 2. The van der Waals surface area contributed by atoms with Crippen molar-refractivity contribution in [2.75, 3.05) is 14.1 Å². The number of carbonyl (C=O) groups is 2. The summed E-state index contributed by atoms with van der Waals surface area (Å²) in [7, 11) is -0.869. The quantitative estimate of drug-likeness (QED) is 0.571. The smallest absolute Gasteiger partial charge is 0.269 e. The predicted molar refractivity (Wildman–Crippen MR) is 122 cm³/mol. The second-order valence-electron chi connectivity index (χ2n) is 7.72. The molecule has 3 rings (SSSR count). The number of rotatable bonds is 5. The van der Waals surface area contributed by atoms with E-state index in [1.165, 1.54) is 20.2 Å². The molecule has 2 amide bonds. The fourth-order valence-corrected chi connectivity index (χ4v) is 4.69. The number of benzene rings is 2. The highest BCUT2D eigenvalue weighted by Crippen LogP contribution is 2.23. The first kappa shape index (κ1) is 23.4. The van der Waals surface area contributed by atoms with Crippen LogP contribution in [0.3, 0.4) is 0 Å². The minimum Gasteiger partial charge on any atom is -0.329 e. The maximum absolute atomic E-state index is 12.6. The predicted octanol–water partition coefficient (Wildman–Crippen LogP) is 2.31. The van der Waals surface area contributed by atoms with E-state index < -0.39 is 21.8 Å². The standard InChI is InChI=1S/C22H27N5O4S/c1-7-27-15(4)23-18-11-16(8-9-19(18)27)21(28)24-25-22(29)17-10-13(2)14(3)20(12-17)32(30,31)26(5)6/h8-12H,7H2,1-6H3,(H,24,28)(H,25,29). The van der Waals surface area contributed by atoms with E-state index in [0.29, 0.717) is 22.2 Å². The second-order valence-corrected chi connectivity index (χ2v) is 9.84. The van der Waals surface area contributed by atoms with Crippen LogP contribution in [0.4, 0.5) is 0 Å². The summed E-state index contributed by atoms with van der Waals surface area (Å²) in [4.78, 5) is 29.7. The van der Waals surface area contributed by atoms with Gasteiger partial charge in [0.2, 0.25) is 10.0 Å². The van der Waals surface area contributed by atoms with Gasteiger partial charge in [-0.2, -0.15) is 0 Å². The lowest BCUT2D eigenvalue weighted by atomic mass is 10.1. The average Bonchev–Trinajstić information content (AvgIpc) is 3.07. The van der Waals surface area contributed by atoms with Crippen LogP contribution in [0.2, 0.25) is 0 Å². The first-order valence-corrected chi connectivity index (χ1v) is 11.5. The van der Waals surface area contributed by atoms with Gasteiger partial charge < -0.3 is 4.57 Å². The van der Waals surface area contributed by atoms with Crippen LogP contribution in [0.5, 0.6) is 0 Å². The van der Waals surface area contributed by atoms with Gasteiger partial charge in [-0.25, -0.2) is 17.7 Å². The number of imidazole rings is 1. The van der Waals surface area contributed by atoms with Crippen LogP contribution >= 0.6 is 0 Å². The molecule has 3 aromatic rings. The van der Waals surface area contributed by atoms with E-state index in [1.807, 2.05) is 24.5 Å².